The van der Waals surface area contributed by atoms with E-state index in [1.54, 1.807) is 13.0 Å². The highest BCUT2D eigenvalue weighted by Crippen LogP contribution is 2.43. The third-order valence-corrected chi connectivity index (χ3v) is 4.78. The first-order valence-corrected chi connectivity index (χ1v) is 8.64. The van der Waals surface area contributed by atoms with E-state index in [1.807, 2.05) is 12.1 Å². The van der Waals surface area contributed by atoms with E-state index >= 15 is 0 Å². The highest BCUT2D eigenvalue weighted by atomic mass is 16.5. The lowest BCUT2D eigenvalue weighted by Gasteiger charge is -2.33. The molecular formula is C21H32O3. The Morgan fingerprint density at radius 1 is 1.17 bits per heavy atom. The average molecular weight is 332 g/mol. The number of phenolic OH excluding ortho intramolecular Hbond substituents is 1. The minimum absolute atomic E-state index is 0.183. The van der Waals surface area contributed by atoms with Gasteiger partial charge in [-0.05, 0) is 47.4 Å². The zero-order chi connectivity index (χ0) is 18.7. The maximum Gasteiger partial charge on any atom is 0.330 e. The van der Waals surface area contributed by atoms with E-state index in [1.165, 1.54) is 6.08 Å². The van der Waals surface area contributed by atoms with Gasteiger partial charge in [0.1, 0.15) is 5.75 Å². The van der Waals surface area contributed by atoms with Crippen molar-refractivity contribution in [2.75, 3.05) is 6.61 Å². The van der Waals surface area contributed by atoms with Gasteiger partial charge in [0.2, 0.25) is 0 Å². The summed E-state index contributed by atoms with van der Waals surface area (Å²) in [5.74, 6) is 0.363. The van der Waals surface area contributed by atoms with Crippen LogP contribution in [0.5, 0.6) is 5.75 Å². The van der Waals surface area contributed by atoms with E-state index < -0.39 is 0 Å². The first kappa shape index (κ1) is 20.3. The third-order valence-electron chi connectivity index (χ3n) is 4.78. The summed E-state index contributed by atoms with van der Waals surface area (Å²) in [6.07, 6.45) is 3.20. The lowest BCUT2D eigenvalue weighted by molar-refractivity contribution is -0.137. The molecule has 0 spiro atoms. The molecule has 0 heterocycles. The van der Waals surface area contributed by atoms with Crippen molar-refractivity contribution >= 4 is 12.0 Å². The number of aromatic hydroxyl groups is 1. The second-order valence-corrected chi connectivity index (χ2v) is 8.18. The van der Waals surface area contributed by atoms with Gasteiger partial charge < -0.3 is 9.84 Å². The molecule has 1 N–H and O–H groups in total. The van der Waals surface area contributed by atoms with Gasteiger partial charge >= 0.3 is 5.97 Å². The second kappa shape index (κ2) is 7.42. The SMILES string of the molecule is CCOC(=O)C=Cc1cc(C(C)(C)C)c(O)c(C(C)(C)C(C)C)c1. The number of ether oxygens (including phenoxy) is 1. The summed E-state index contributed by atoms with van der Waals surface area (Å²) in [7, 11) is 0. The first-order valence-electron chi connectivity index (χ1n) is 8.64. The number of carbonyl (C=O) groups is 1. The smallest absolute Gasteiger partial charge is 0.330 e. The average Bonchev–Trinajstić information content (AvgIpc) is 2.44. The lowest BCUT2D eigenvalue weighted by atomic mass is 9.72. The summed E-state index contributed by atoms with van der Waals surface area (Å²) in [5, 5.41) is 10.9. The van der Waals surface area contributed by atoms with Crippen molar-refractivity contribution in [3.05, 3.63) is 34.9 Å². The molecule has 1 aromatic carbocycles. The molecule has 3 nitrogen and oxygen atoms in total. The van der Waals surface area contributed by atoms with Crippen molar-refractivity contribution in [1.82, 2.24) is 0 Å². The van der Waals surface area contributed by atoms with Crippen LogP contribution >= 0.6 is 0 Å². The molecule has 0 saturated carbocycles. The van der Waals surface area contributed by atoms with E-state index in [0.29, 0.717) is 18.3 Å². The van der Waals surface area contributed by atoms with Crippen LogP contribution in [-0.2, 0) is 20.4 Å². The maximum absolute atomic E-state index is 11.6. The number of rotatable bonds is 5. The fourth-order valence-electron chi connectivity index (χ4n) is 2.48. The summed E-state index contributed by atoms with van der Waals surface area (Å²) in [4.78, 5) is 11.6. The van der Waals surface area contributed by atoms with Crippen molar-refractivity contribution in [1.29, 1.82) is 0 Å². The normalized spacial score (nSPS) is 12.9. The zero-order valence-corrected chi connectivity index (χ0v) is 16.4. The molecule has 0 aliphatic heterocycles. The predicted octanol–water partition coefficient (Wildman–Crippen LogP) is 5.20. The number of hydrogen-bond acceptors (Lipinski definition) is 3. The maximum atomic E-state index is 11.6. The van der Waals surface area contributed by atoms with Crippen LogP contribution in [0.1, 0.15) is 72.1 Å². The molecule has 0 aliphatic carbocycles. The van der Waals surface area contributed by atoms with E-state index in [9.17, 15) is 9.90 Å². The number of benzene rings is 1. The molecule has 0 aromatic heterocycles. The van der Waals surface area contributed by atoms with Gasteiger partial charge in [-0.3, -0.25) is 0 Å². The van der Waals surface area contributed by atoms with Crippen LogP contribution in [0, 0.1) is 5.92 Å². The molecule has 0 fully saturated rings. The molecule has 0 aliphatic rings. The van der Waals surface area contributed by atoms with E-state index in [0.717, 1.165) is 16.7 Å². The fourth-order valence-corrected chi connectivity index (χ4v) is 2.48. The zero-order valence-electron chi connectivity index (χ0n) is 16.4. The molecule has 0 radical (unpaired) electrons. The standard InChI is InChI=1S/C21H32O3/c1-9-24-18(22)11-10-15-12-16(20(4,5)6)19(23)17(13-15)21(7,8)14(2)3/h10-14,23H,9H2,1-8H3. The summed E-state index contributed by atoms with van der Waals surface area (Å²) in [5.41, 5.74) is 2.32. The van der Waals surface area contributed by atoms with Crippen LogP contribution in [0.3, 0.4) is 0 Å². The molecule has 0 atom stereocenters. The van der Waals surface area contributed by atoms with Crippen LogP contribution < -0.4 is 0 Å². The van der Waals surface area contributed by atoms with Crippen molar-refractivity contribution in [3.63, 3.8) is 0 Å². The number of hydrogen-bond donors (Lipinski definition) is 1. The fraction of sp³-hybridized carbons (Fsp3) is 0.571. The van der Waals surface area contributed by atoms with Crippen molar-refractivity contribution < 1.29 is 14.6 Å². The molecule has 24 heavy (non-hydrogen) atoms. The predicted molar refractivity (Wildman–Crippen MR) is 100 cm³/mol. The number of carbonyl (C=O) groups excluding carboxylic acids is 1. The van der Waals surface area contributed by atoms with Gasteiger partial charge in [0.25, 0.3) is 0 Å². The summed E-state index contributed by atoms with van der Waals surface area (Å²) in [6.45, 7) is 16.9. The highest BCUT2D eigenvalue weighted by molar-refractivity contribution is 5.87. The van der Waals surface area contributed by atoms with Crippen LogP contribution in [0.15, 0.2) is 18.2 Å². The van der Waals surface area contributed by atoms with Gasteiger partial charge in [0.15, 0.2) is 0 Å². The highest BCUT2D eigenvalue weighted by Gasteiger charge is 2.31. The van der Waals surface area contributed by atoms with Crippen molar-refractivity contribution in [2.24, 2.45) is 5.92 Å². The Kier molecular flexibility index (Phi) is 6.26. The molecule has 134 valence electrons. The van der Waals surface area contributed by atoms with E-state index in [2.05, 4.69) is 48.5 Å². The third kappa shape index (κ3) is 4.62. The van der Waals surface area contributed by atoms with Gasteiger partial charge in [0.05, 0.1) is 6.61 Å². The monoisotopic (exact) mass is 332 g/mol. The molecule has 0 bridgehead atoms. The summed E-state index contributed by atoms with van der Waals surface area (Å²) >= 11 is 0. The van der Waals surface area contributed by atoms with Crippen molar-refractivity contribution in [3.8, 4) is 5.75 Å². The van der Waals surface area contributed by atoms with Gasteiger partial charge in [-0.25, -0.2) is 4.79 Å². The summed E-state index contributed by atoms with van der Waals surface area (Å²) < 4.78 is 4.95. The molecule has 0 unspecified atom stereocenters. The Hall–Kier alpha value is -1.77. The molecular weight excluding hydrogens is 300 g/mol. The molecule has 0 amide bonds. The Morgan fingerprint density at radius 3 is 2.17 bits per heavy atom. The van der Waals surface area contributed by atoms with Crippen LogP contribution in [0.25, 0.3) is 6.08 Å². The van der Waals surface area contributed by atoms with Gasteiger partial charge in [0, 0.05) is 17.2 Å². The largest absolute Gasteiger partial charge is 0.507 e. The van der Waals surface area contributed by atoms with E-state index in [4.69, 9.17) is 4.74 Å². The topological polar surface area (TPSA) is 46.5 Å². The molecule has 3 heteroatoms. The Bertz CT molecular complexity index is 617. The van der Waals surface area contributed by atoms with E-state index in [-0.39, 0.29) is 16.8 Å². The Labute approximate surface area is 146 Å². The minimum Gasteiger partial charge on any atom is -0.507 e. The number of phenols is 1. The van der Waals surface area contributed by atoms with Gasteiger partial charge in [-0.1, -0.05) is 48.5 Å². The second-order valence-electron chi connectivity index (χ2n) is 8.18. The van der Waals surface area contributed by atoms with Crippen LogP contribution in [0.4, 0.5) is 0 Å². The molecule has 1 aromatic rings. The summed E-state index contributed by atoms with van der Waals surface area (Å²) in [6, 6.07) is 3.92. The Balaban J connectivity index is 3.50. The first-order chi connectivity index (χ1) is 10.9. The molecule has 0 saturated heterocycles. The molecule has 1 rings (SSSR count). The quantitative estimate of drug-likeness (QED) is 0.595. The van der Waals surface area contributed by atoms with Crippen LogP contribution in [0.2, 0.25) is 0 Å². The minimum atomic E-state index is -0.354. The van der Waals surface area contributed by atoms with Gasteiger partial charge in [-0.2, -0.15) is 0 Å². The lowest BCUT2D eigenvalue weighted by Crippen LogP contribution is -2.26. The number of esters is 1. The van der Waals surface area contributed by atoms with Crippen LogP contribution in [-0.4, -0.2) is 17.7 Å². The van der Waals surface area contributed by atoms with Crippen molar-refractivity contribution in [2.45, 2.75) is 66.2 Å². The van der Waals surface area contributed by atoms with Gasteiger partial charge in [-0.15, -0.1) is 0 Å². The Morgan fingerprint density at radius 2 is 1.71 bits per heavy atom.